The molecule has 1 atom stereocenters. The molecule has 1 unspecified atom stereocenters. The molecule has 2 fully saturated rings. The number of piperidine rings is 1. The lowest BCUT2D eigenvalue weighted by Gasteiger charge is -2.40. The highest BCUT2D eigenvalue weighted by Crippen LogP contribution is 2.19. The van der Waals surface area contributed by atoms with Gasteiger partial charge in [-0.15, -0.1) is 0 Å². The van der Waals surface area contributed by atoms with Gasteiger partial charge in [-0.1, -0.05) is 19.8 Å². The Hall–Kier alpha value is -0.210. The van der Waals surface area contributed by atoms with Gasteiger partial charge < -0.3 is 5.73 Å². The molecule has 0 aromatic carbocycles. The fourth-order valence-corrected chi connectivity index (χ4v) is 5.01. The third-order valence-electron chi connectivity index (χ3n) is 4.65. The molecule has 2 N–H and O–H groups in total. The minimum Gasteiger partial charge on any atom is -0.329 e. The van der Waals surface area contributed by atoms with E-state index in [2.05, 4.69) is 11.8 Å². The summed E-state index contributed by atoms with van der Waals surface area (Å²) in [7, 11) is -3.24. The number of nitrogens with two attached hydrogens (primary N) is 1. The molecule has 2 heterocycles. The maximum atomic E-state index is 12.6. The predicted octanol–water partition coefficient (Wildman–Crippen LogP) is 0.462. The largest absolute Gasteiger partial charge is 0.329 e. The van der Waals surface area contributed by atoms with Gasteiger partial charge in [-0.05, 0) is 19.3 Å². The van der Waals surface area contributed by atoms with E-state index in [1.165, 1.54) is 0 Å². The fraction of sp³-hybridized carbons (Fsp3) is 1.00. The second-order valence-corrected chi connectivity index (χ2v) is 8.01. The Labute approximate surface area is 129 Å². The molecule has 6 nitrogen and oxygen atoms in total. The first-order valence-electron chi connectivity index (χ1n) is 8.29. The minimum atomic E-state index is -3.24. The molecule has 124 valence electrons. The van der Waals surface area contributed by atoms with Crippen molar-refractivity contribution in [3.63, 3.8) is 0 Å². The summed E-state index contributed by atoms with van der Waals surface area (Å²) in [5, 5.41) is 0. The maximum Gasteiger partial charge on any atom is 0.282 e. The van der Waals surface area contributed by atoms with E-state index >= 15 is 0 Å². The lowest BCUT2D eigenvalue weighted by molar-refractivity contribution is 0.129. The summed E-state index contributed by atoms with van der Waals surface area (Å²) >= 11 is 0. The second kappa shape index (κ2) is 7.87. The number of nitrogens with zero attached hydrogens (tertiary/aromatic N) is 3. The standard InChI is InChI=1S/C14H30N4O2S/c1-2-6-14(13-15)16-9-11-18(12-10-16)21(19,20)17-7-4-3-5-8-17/h14H,2-13,15H2,1H3. The van der Waals surface area contributed by atoms with Crippen molar-refractivity contribution in [2.24, 2.45) is 5.73 Å². The highest BCUT2D eigenvalue weighted by Gasteiger charge is 2.33. The van der Waals surface area contributed by atoms with Crippen LogP contribution in [0, 0.1) is 0 Å². The number of rotatable bonds is 6. The zero-order chi connectivity index (χ0) is 15.3. The van der Waals surface area contributed by atoms with Crippen LogP contribution in [0.3, 0.4) is 0 Å². The molecule has 2 saturated heterocycles. The SMILES string of the molecule is CCCC(CN)N1CCN(S(=O)(=O)N2CCCCC2)CC1. The van der Waals surface area contributed by atoms with Crippen molar-refractivity contribution >= 4 is 10.2 Å². The van der Waals surface area contributed by atoms with E-state index in [1.807, 2.05) is 0 Å². The van der Waals surface area contributed by atoms with Crippen molar-refractivity contribution < 1.29 is 8.42 Å². The fourth-order valence-electron chi connectivity index (χ4n) is 3.34. The van der Waals surface area contributed by atoms with Crippen molar-refractivity contribution in [1.82, 2.24) is 13.5 Å². The van der Waals surface area contributed by atoms with E-state index in [-0.39, 0.29) is 0 Å². The Balaban J connectivity index is 1.90. The Bertz CT molecular complexity index is 401. The van der Waals surface area contributed by atoms with Crippen LogP contribution in [-0.2, 0) is 10.2 Å². The first-order valence-corrected chi connectivity index (χ1v) is 9.68. The molecule has 0 radical (unpaired) electrons. The van der Waals surface area contributed by atoms with Gasteiger partial charge in [-0.25, -0.2) is 0 Å². The predicted molar refractivity (Wildman–Crippen MR) is 85.2 cm³/mol. The van der Waals surface area contributed by atoms with Crippen LogP contribution in [-0.4, -0.2) is 73.8 Å². The van der Waals surface area contributed by atoms with Gasteiger partial charge in [-0.2, -0.15) is 17.0 Å². The Morgan fingerprint density at radius 3 is 2.05 bits per heavy atom. The molecule has 0 amide bonds. The first kappa shape index (κ1) is 17.1. The molecule has 0 spiro atoms. The summed E-state index contributed by atoms with van der Waals surface area (Å²) in [6.45, 7) is 6.99. The van der Waals surface area contributed by atoms with Crippen LogP contribution in [0.15, 0.2) is 0 Å². The van der Waals surface area contributed by atoms with Crippen LogP contribution in [0.2, 0.25) is 0 Å². The molecular formula is C14H30N4O2S. The van der Waals surface area contributed by atoms with Crippen molar-refractivity contribution in [3.8, 4) is 0 Å². The van der Waals surface area contributed by atoms with Crippen molar-refractivity contribution in [2.75, 3.05) is 45.8 Å². The van der Waals surface area contributed by atoms with Gasteiger partial charge >= 0.3 is 0 Å². The highest BCUT2D eigenvalue weighted by atomic mass is 32.2. The second-order valence-electron chi connectivity index (χ2n) is 6.08. The Morgan fingerprint density at radius 2 is 1.52 bits per heavy atom. The molecule has 21 heavy (non-hydrogen) atoms. The van der Waals surface area contributed by atoms with E-state index in [0.717, 1.165) is 45.2 Å². The third-order valence-corrected chi connectivity index (χ3v) is 6.69. The van der Waals surface area contributed by atoms with Gasteiger partial charge in [-0.3, -0.25) is 4.90 Å². The molecule has 7 heteroatoms. The van der Waals surface area contributed by atoms with Crippen molar-refractivity contribution in [2.45, 2.75) is 45.1 Å². The van der Waals surface area contributed by atoms with Crippen LogP contribution in [0.1, 0.15) is 39.0 Å². The average molecular weight is 318 g/mol. The Morgan fingerprint density at radius 1 is 0.952 bits per heavy atom. The molecule has 0 aliphatic carbocycles. The van der Waals surface area contributed by atoms with Crippen LogP contribution in [0.4, 0.5) is 0 Å². The topological polar surface area (TPSA) is 69.9 Å². The zero-order valence-corrected chi connectivity index (χ0v) is 14.0. The summed E-state index contributed by atoms with van der Waals surface area (Å²) in [6.07, 6.45) is 5.34. The average Bonchev–Trinajstić information content (AvgIpc) is 2.53. The molecule has 0 aromatic rings. The molecule has 0 saturated carbocycles. The number of piperazine rings is 1. The first-order chi connectivity index (χ1) is 10.1. The molecule has 0 bridgehead atoms. The van der Waals surface area contributed by atoms with Gasteiger partial charge in [0.05, 0.1) is 0 Å². The zero-order valence-electron chi connectivity index (χ0n) is 13.2. The van der Waals surface area contributed by atoms with Gasteiger partial charge in [0.2, 0.25) is 0 Å². The monoisotopic (exact) mass is 318 g/mol. The number of hydrogen-bond donors (Lipinski definition) is 1. The normalized spacial score (nSPS) is 25.0. The van der Waals surface area contributed by atoms with E-state index < -0.39 is 10.2 Å². The lowest BCUT2D eigenvalue weighted by Crippen LogP contribution is -2.56. The van der Waals surface area contributed by atoms with E-state index in [0.29, 0.717) is 38.8 Å². The maximum absolute atomic E-state index is 12.6. The summed E-state index contributed by atoms with van der Waals surface area (Å²) in [4.78, 5) is 2.35. The molecular weight excluding hydrogens is 288 g/mol. The van der Waals surface area contributed by atoms with Gasteiger partial charge in [0.15, 0.2) is 0 Å². The summed E-state index contributed by atoms with van der Waals surface area (Å²) in [5.41, 5.74) is 5.85. The summed E-state index contributed by atoms with van der Waals surface area (Å²) in [5.74, 6) is 0. The van der Waals surface area contributed by atoms with Crippen molar-refractivity contribution in [1.29, 1.82) is 0 Å². The van der Waals surface area contributed by atoms with Gasteiger partial charge in [0.25, 0.3) is 10.2 Å². The molecule has 0 aromatic heterocycles. The molecule has 2 rings (SSSR count). The minimum absolute atomic E-state index is 0.398. The van der Waals surface area contributed by atoms with Crippen molar-refractivity contribution in [3.05, 3.63) is 0 Å². The van der Waals surface area contributed by atoms with Crippen LogP contribution >= 0.6 is 0 Å². The number of hydrogen-bond acceptors (Lipinski definition) is 4. The van der Waals surface area contributed by atoms with Gasteiger partial charge in [0, 0.05) is 51.9 Å². The van der Waals surface area contributed by atoms with Crippen LogP contribution in [0.5, 0.6) is 0 Å². The highest BCUT2D eigenvalue weighted by molar-refractivity contribution is 7.86. The third kappa shape index (κ3) is 4.16. The van der Waals surface area contributed by atoms with E-state index in [4.69, 9.17) is 5.73 Å². The summed E-state index contributed by atoms with van der Waals surface area (Å²) in [6, 6.07) is 0.398. The van der Waals surface area contributed by atoms with E-state index in [1.54, 1.807) is 8.61 Å². The lowest BCUT2D eigenvalue weighted by atomic mass is 10.1. The smallest absolute Gasteiger partial charge is 0.282 e. The quantitative estimate of drug-likeness (QED) is 0.772. The van der Waals surface area contributed by atoms with Crippen LogP contribution < -0.4 is 5.73 Å². The Kier molecular flexibility index (Phi) is 6.43. The van der Waals surface area contributed by atoms with Gasteiger partial charge in [0.1, 0.15) is 0 Å². The van der Waals surface area contributed by atoms with E-state index in [9.17, 15) is 8.42 Å². The summed E-state index contributed by atoms with van der Waals surface area (Å²) < 4.78 is 28.6. The molecule has 2 aliphatic heterocycles. The van der Waals surface area contributed by atoms with Crippen LogP contribution in [0.25, 0.3) is 0 Å². The molecule has 2 aliphatic rings.